The van der Waals surface area contributed by atoms with E-state index in [1.54, 1.807) is 25.1 Å². The Morgan fingerprint density at radius 2 is 1.77 bits per heavy atom. The maximum Gasteiger partial charge on any atom is 0.261 e. The van der Waals surface area contributed by atoms with Crippen molar-refractivity contribution >= 4 is 35.0 Å². The van der Waals surface area contributed by atoms with Gasteiger partial charge in [0.2, 0.25) is 5.91 Å². The van der Waals surface area contributed by atoms with Gasteiger partial charge in [0.25, 0.3) is 5.91 Å². The number of carbonyl (C=O) groups is 2. The van der Waals surface area contributed by atoms with Gasteiger partial charge >= 0.3 is 0 Å². The molecule has 0 aliphatic heterocycles. The molecule has 2 amide bonds. The lowest BCUT2D eigenvalue weighted by molar-refractivity contribution is -0.142. The number of unbranched alkanes of at least 4 members (excludes halogenated alkanes) is 1. The third-order valence-electron chi connectivity index (χ3n) is 5.07. The maximum atomic E-state index is 13.1. The Morgan fingerprint density at radius 3 is 2.39 bits per heavy atom. The van der Waals surface area contributed by atoms with Crippen LogP contribution in [0.25, 0.3) is 0 Å². The molecule has 5 nitrogen and oxygen atoms in total. The molecule has 1 unspecified atom stereocenters. The Hall–Kier alpha value is -2.24. The van der Waals surface area contributed by atoms with Gasteiger partial charge in [-0.1, -0.05) is 54.7 Å². The van der Waals surface area contributed by atoms with E-state index in [-0.39, 0.29) is 25.0 Å². The number of hydrogen-bond acceptors (Lipinski definition) is 3. The number of nitrogens with one attached hydrogen (secondary N) is 1. The van der Waals surface area contributed by atoms with Gasteiger partial charge in [0.15, 0.2) is 6.61 Å². The lowest BCUT2D eigenvalue weighted by atomic mass is 10.1. The summed E-state index contributed by atoms with van der Waals surface area (Å²) in [4.78, 5) is 27.2. The first kappa shape index (κ1) is 25.0. The van der Waals surface area contributed by atoms with Gasteiger partial charge < -0.3 is 15.0 Å². The third kappa shape index (κ3) is 7.15. The number of benzene rings is 2. The van der Waals surface area contributed by atoms with Crippen molar-refractivity contribution in [2.45, 2.75) is 53.1 Å². The van der Waals surface area contributed by atoms with Crippen LogP contribution >= 0.6 is 23.2 Å². The van der Waals surface area contributed by atoms with Crippen LogP contribution in [0, 0.1) is 13.8 Å². The van der Waals surface area contributed by atoms with E-state index in [2.05, 4.69) is 12.2 Å². The predicted molar refractivity (Wildman–Crippen MR) is 126 cm³/mol. The Bertz CT molecular complexity index is 894. The van der Waals surface area contributed by atoms with Crippen molar-refractivity contribution in [3.63, 3.8) is 0 Å². The molecule has 0 saturated heterocycles. The molecule has 31 heavy (non-hydrogen) atoms. The van der Waals surface area contributed by atoms with Crippen LogP contribution in [-0.4, -0.2) is 35.9 Å². The van der Waals surface area contributed by atoms with Crippen molar-refractivity contribution in [3.05, 3.63) is 63.1 Å². The number of nitrogens with zero attached hydrogens (tertiary/aromatic N) is 1. The zero-order valence-electron chi connectivity index (χ0n) is 18.5. The number of carbonyl (C=O) groups excluding carboxylic acids is 2. The molecular weight excluding hydrogens is 435 g/mol. The van der Waals surface area contributed by atoms with Crippen molar-refractivity contribution in [1.82, 2.24) is 10.2 Å². The number of amides is 2. The number of ether oxygens (including phenoxy) is 1. The molecule has 0 fully saturated rings. The molecule has 1 N–H and O–H groups in total. The molecule has 0 heterocycles. The van der Waals surface area contributed by atoms with Gasteiger partial charge in [-0.15, -0.1) is 0 Å². The third-order valence-corrected chi connectivity index (χ3v) is 6.03. The van der Waals surface area contributed by atoms with Crippen LogP contribution in [0.5, 0.6) is 5.75 Å². The van der Waals surface area contributed by atoms with Crippen LogP contribution < -0.4 is 10.1 Å². The highest BCUT2D eigenvalue weighted by Crippen LogP contribution is 2.26. The summed E-state index contributed by atoms with van der Waals surface area (Å²) in [5.41, 5.74) is 2.52. The fourth-order valence-corrected chi connectivity index (χ4v) is 3.45. The SMILES string of the molecule is CCCCNC(=O)C(C)N(Cc1ccccc1Cl)C(=O)COc1cc(C)c(Cl)c(C)c1. The topological polar surface area (TPSA) is 58.6 Å². The molecule has 168 valence electrons. The van der Waals surface area contributed by atoms with E-state index in [0.717, 1.165) is 29.5 Å². The van der Waals surface area contributed by atoms with Gasteiger partial charge in [-0.3, -0.25) is 9.59 Å². The second-order valence-electron chi connectivity index (χ2n) is 7.59. The molecule has 1 atom stereocenters. The first-order valence-electron chi connectivity index (χ1n) is 10.4. The molecule has 0 aliphatic rings. The molecule has 0 spiro atoms. The minimum atomic E-state index is -0.669. The Labute approximate surface area is 194 Å². The van der Waals surface area contributed by atoms with Crippen LogP contribution in [0.4, 0.5) is 0 Å². The number of aryl methyl sites for hydroxylation is 2. The summed E-state index contributed by atoms with van der Waals surface area (Å²) in [6.07, 6.45) is 1.86. The fraction of sp³-hybridized carbons (Fsp3) is 0.417. The van der Waals surface area contributed by atoms with Crippen molar-refractivity contribution in [3.8, 4) is 5.75 Å². The Morgan fingerprint density at radius 1 is 1.13 bits per heavy atom. The highest BCUT2D eigenvalue weighted by molar-refractivity contribution is 6.32. The van der Waals surface area contributed by atoms with Gasteiger partial charge in [0.1, 0.15) is 11.8 Å². The van der Waals surface area contributed by atoms with Crippen molar-refractivity contribution in [2.24, 2.45) is 0 Å². The predicted octanol–water partition coefficient (Wildman–Crippen LogP) is 5.32. The van der Waals surface area contributed by atoms with Crippen LogP contribution in [0.15, 0.2) is 36.4 Å². The van der Waals surface area contributed by atoms with Gasteiger partial charge in [-0.25, -0.2) is 0 Å². The molecule has 0 radical (unpaired) electrons. The number of hydrogen-bond donors (Lipinski definition) is 1. The fourth-order valence-electron chi connectivity index (χ4n) is 3.15. The summed E-state index contributed by atoms with van der Waals surface area (Å²) in [5.74, 6) is 0.0563. The summed E-state index contributed by atoms with van der Waals surface area (Å²) < 4.78 is 5.75. The monoisotopic (exact) mass is 464 g/mol. The van der Waals surface area contributed by atoms with Gasteiger partial charge in [0.05, 0.1) is 0 Å². The number of halogens is 2. The summed E-state index contributed by atoms with van der Waals surface area (Å²) in [6.45, 7) is 8.13. The van der Waals surface area contributed by atoms with Gasteiger partial charge in [0, 0.05) is 23.1 Å². The quantitative estimate of drug-likeness (QED) is 0.483. The van der Waals surface area contributed by atoms with Crippen LogP contribution in [-0.2, 0) is 16.1 Å². The number of rotatable bonds is 10. The minimum absolute atomic E-state index is 0.197. The second kappa shape index (κ2) is 12.0. The average Bonchev–Trinajstić information content (AvgIpc) is 2.74. The van der Waals surface area contributed by atoms with E-state index in [1.165, 1.54) is 4.90 Å². The van der Waals surface area contributed by atoms with E-state index in [0.29, 0.717) is 22.3 Å². The first-order valence-corrected chi connectivity index (χ1v) is 11.2. The maximum absolute atomic E-state index is 13.1. The van der Waals surface area contributed by atoms with E-state index in [9.17, 15) is 9.59 Å². The normalized spacial score (nSPS) is 11.7. The lowest BCUT2D eigenvalue weighted by Crippen LogP contribution is -2.49. The van der Waals surface area contributed by atoms with E-state index in [1.807, 2.05) is 32.0 Å². The molecule has 7 heteroatoms. The van der Waals surface area contributed by atoms with E-state index >= 15 is 0 Å². The Balaban J connectivity index is 2.17. The van der Waals surface area contributed by atoms with Crippen molar-refractivity contribution in [1.29, 1.82) is 0 Å². The minimum Gasteiger partial charge on any atom is -0.484 e. The second-order valence-corrected chi connectivity index (χ2v) is 8.38. The molecule has 2 aromatic carbocycles. The standard InChI is InChI=1S/C24H30Cl2N2O3/c1-5-6-11-27-24(30)18(4)28(14-19-9-7-8-10-21(19)25)22(29)15-31-20-12-16(2)23(26)17(3)13-20/h7-10,12-13,18H,5-6,11,14-15H2,1-4H3,(H,27,30). The van der Waals surface area contributed by atoms with Gasteiger partial charge in [-0.2, -0.15) is 0 Å². The Kier molecular flexibility index (Phi) is 9.66. The molecule has 0 aliphatic carbocycles. The van der Waals surface area contributed by atoms with Crippen LogP contribution in [0.3, 0.4) is 0 Å². The summed E-state index contributed by atoms with van der Waals surface area (Å²) >= 11 is 12.5. The molecule has 0 aromatic heterocycles. The highest BCUT2D eigenvalue weighted by atomic mass is 35.5. The summed E-state index contributed by atoms with van der Waals surface area (Å²) in [5, 5.41) is 4.12. The van der Waals surface area contributed by atoms with Crippen LogP contribution in [0.1, 0.15) is 43.4 Å². The smallest absolute Gasteiger partial charge is 0.261 e. The summed E-state index contributed by atoms with van der Waals surface area (Å²) in [6, 6.07) is 10.2. The van der Waals surface area contributed by atoms with Crippen LogP contribution in [0.2, 0.25) is 10.0 Å². The zero-order valence-corrected chi connectivity index (χ0v) is 20.0. The first-order chi connectivity index (χ1) is 14.7. The molecule has 0 saturated carbocycles. The largest absolute Gasteiger partial charge is 0.484 e. The molecule has 2 aromatic rings. The van der Waals surface area contributed by atoms with Crippen molar-refractivity contribution in [2.75, 3.05) is 13.2 Å². The zero-order chi connectivity index (χ0) is 23.0. The highest BCUT2D eigenvalue weighted by Gasteiger charge is 2.27. The summed E-state index contributed by atoms with van der Waals surface area (Å²) in [7, 11) is 0. The van der Waals surface area contributed by atoms with E-state index in [4.69, 9.17) is 27.9 Å². The lowest BCUT2D eigenvalue weighted by Gasteiger charge is -2.29. The van der Waals surface area contributed by atoms with Gasteiger partial charge in [-0.05, 0) is 62.1 Å². The average molecular weight is 465 g/mol. The molecular formula is C24H30Cl2N2O3. The molecule has 2 rings (SSSR count). The van der Waals surface area contributed by atoms with E-state index < -0.39 is 6.04 Å². The van der Waals surface area contributed by atoms with Crippen molar-refractivity contribution < 1.29 is 14.3 Å². The molecule has 0 bridgehead atoms.